The summed E-state index contributed by atoms with van der Waals surface area (Å²) >= 11 is 5.08. The first kappa shape index (κ1) is 11.7. The van der Waals surface area contributed by atoms with Crippen LogP contribution in [0, 0.1) is 0 Å². The SMILES string of the molecule is C[SiH2]OC(=O)CCl.[NaH]. The quantitative estimate of drug-likeness (QED) is 0.395. The maximum atomic E-state index is 10.1. The Morgan fingerprint density at radius 2 is 2.38 bits per heavy atom. The number of carbonyl (C=O) groups is 1. The van der Waals surface area contributed by atoms with E-state index in [-0.39, 0.29) is 41.4 Å². The minimum atomic E-state index is -0.578. The molecule has 0 fully saturated rings. The molecule has 0 bridgehead atoms. The third-order valence-corrected chi connectivity index (χ3v) is 1.24. The van der Waals surface area contributed by atoms with Gasteiger partial charge in [-0.15, -0.1) is 11.6 Å². The molecule has 0 aliphatic heterocycles. The minimum absolute atomic E-state index is 0. The van der Waals surface area contributed by atoms with Crippen LogP contribution in [0.2, 0.25) is 6.55 Å². The molecule has 0 aromatic heterocycles. The Morgan fingerprint density at radius 3 is 2.50 bits per heavy atom. The summed E-state index contributed by atoms with van der Waals surface area (Å²) in [6, 6.07) is 0. The molecule has 0 spiro atoms. The molecule has 0 aromatic rings. The fraction of sp³-hybridized carbons (Fsp3) is 0.667. The fourth-order valence-electron chi connectivity index (χ4n) is 0.200. The molecule has 0 saturated heterocycles. The van der Waals surface area contributed by atoms with Gasteiger partial charge in [-0.2, -0.15) is 0 Å². The molecule has 5 heteroatoms. The van der Waals surface area contributed by atoms with Gasteiger partial charge >= 0.3 is 35.5 Å². The molecule has 0 aliphatic rings. The van der Waals surface area contributed by atoms with Crippen LogP contribution in [-0.4, -0.2) is 51.2 Å². The van der Waals surface area contributed by atoms with E-state index >= 15 is 0 Å². The van der Waals surface area contributed by atoms with E-state index < -0.39 is 9.76 Å². The molecule has 2 nitrogen and oxygen atoms in total. The molecule has 0 amide bonds. The van der Waals surface area contributed by atoms with Crippen molar-refractivity contribution in [1.29, 1.82) is 0 Å². The number of rotatable bonds is 2. The summed E-state index contributed by atoms with van der Waals surface area (Å²) in [5, 5.41) is 0. The summed E-state index contributed by atoms with van der Waals surface area (Å²) in [5.74, 6) is -0.309. The second-order valence-corrected chi connectivity index (χ2v) is 2.07. The average Bonchev–Trinajstić information content (AvgIpc) is 1.68. The topological polar surface area (TPSA) is 26.3 Å². The third-order valence-electron chi connectivity index (χ3n) is 0.414. The molecule has 0 N–H and O–H groups in total. The Kier molecular flexibility index (Phi) is 11.7. The van der Waals surface area contributed by atoms with Gasteiger partial charge in [0.1, 0.15) is 5.88 Å². The van der Waals surface area contributed by atoms with Crippen LogP contribution in [0.25, 0.3) is 0 Å². The Labute approximate surface area is 78.2 Å². The van der Waals surface area contributed by atoms with Gasteiger partial charge in [0.25, 0.3) is 0 Å². The molecule has 0 saturated carbocycles. The fourth-order valence-corrected chi connectivity index (χ4v) is 0.830. The zero-order chi connectivity index (χ0) is 5.70. The molecular formula is C3H8ClNaO2Si. The zero-order valence-electron chi connectivity index (χ0n) is 4.11. The first-order valence-electron chi connectivity index (χ1n) is 2.02. The molecular weight excluding hydrogens is 155 g/mol. The van der Waals surface area contributed by atoms with Crippen molar-refractivity contribution in [1.82, 2.24) is 0 Å². The summed E-state index contributed by atoms with van der Waals surface area (Å²) in [7, 11) is -0.578. The van der Waals surface area contributed by atoms with Crippen LogP contribution in [0.3, 0.4) is 0 Å². The molecule has 0 atom stereocenters. The number of alkyl halides is 1. The van der Waals surface area contributed by atoms with Crippen LogP contribution in [0.4, 0.5) is 0 Å². The second-order valence-electron chi connectivity index (χ2n) is 0.939. The molecule has 0 heterocycles. The van der Waals surface area contributed by atoms with Crippen molar-refractivity contribution in [3.05, 3.63) is 0 Å². The predicted molar refractivity (Wildman–Crippen MR) is 38.4 cm³/mol. The maximum absolute atomic E-state index is 10.1. The molecule has 0 unspecified atom stereocenters. The van der Waals surface area contributed by atoms with Crippen molar-refractivity contribution in [2.75, 3.05) is 5.88 Å². The summed E-state index contributed by atoms with van der Waals surface area (Å²) in [5.41, 5.74) is 0. The molecule has 0 aliphatic carbocycles. The van der Waals surface area contributed by atoms with Gasteiger partial charge < -0.3 is 4.43 Å². The Morgan fingerprint density at radius 1 is 1.88 bits per heavy atom. The van der Waals surface area contributed by atoms with E-state index in [0.29, 0.717) is 0 Å². The Balaban J connectivity index is 0. The first-order valence-corrected chi connectivity index (χ1v) is 4.55. The monoisotopic (exact) mass is 162 g/mol. The van der Waals surface area contributed by atoms with Gasteiger partial charge in [-0.05, 0) is 6.55 Å². The molecule has 0 radical (unpaired) electrons. The van der Waals surface area contributed by atoms with E-state index in [9.17, 15) is 4.79 Å². The molecule has 44 valence electrons. The van der Waals surface area contributed by atoms with Crippen LogP contribution in [0.1, 0.15) is 0 Å². The standard InChI is InChI=1S/C3H7ClO2Si.Na.H/c1-7-6-3(5)2-4;;/h2,7H2,1H3;;. The van der Waals surface area contributed by atoms with Crippen molar-refractivity contribution in [2.24, 2.45) is 0 Å². The second kappa shape index (κ2) is 7.98. The molecule has 0 aromatic carbocycles. The average molecular weight is 163 g/mol. The van der Waals surface area contributed by atoms with Crippen LogP contribution in [-0.2, 0) is 9.22 Å². The Hall–Kier alpha value is 0.977. The predicted octanol–water partition coefficient (Wildman–Crippen LogP) is -0.748. The third kappa shape index (κ3) is 6.98. The van der Waals surface area contributed by atoms with Crippen LogP contribution >= 0.6 is 11.6 Å². The summed E-state index contributed by atoms with van der Waals surface area (Å²) < 4.78 is 4.56. The normalized spacial score (nSPS) is 8.75. The van der Waals surface area contributed by atoms with E-state index in [1.54, 1.807) is 0 Å². The van der Waals surface area contributed by atoms with Crippen LogP contribution < -0.4 is 0 Å². The van der Waals surface area contributed by atoms with Gasteiger partial charge in [0.2, 0.25) is 9.76 Å². The van der Waals surface area contributed by atoms with E-state index in [1.165, 1.54) is 0 Å². The van der Waals surface area contributed by atoms with Crippen molar-refractivity contribution in [3.8, 4) is 0 Å². The van der Waals surface area contributed by atoms with Crippen molar-refractivity contribution in [2.45, 2.75) is 6.55 Å². The van der Waals surface area contributed by atoms with Crippen molar-refractivity contribution in [3.63, 3.8) is 0 Å². The van der Waals surface area contributed by atoms with Gasteiger partial charge in [0.05, 0.1) is 0 Å². The first-order chi connectivity index (χ1) is 3.31. The van der Waals surface area contributed by atoms with Gasteiger partial charge in [-0.25, -0.2) is 0 Å². The van der Waals surface area contributed by atoms with Gasteiger partial charge in [-0.1, -0.05) is 0 Å². The van der Waals surface area contributed by atoms with E-state index in [4.69, 9.17) is 11.6 Å². The van der Waals surface area contributed by atoms with E-state index in [1.807, 2.05) is 6.55 Å². The molecule has 0 rings (SSSR count). The van der Waals surface area contributed by atoms with Gasteiger partial charge in [0.15, 0.2) is 0 Å². The number of carbonyl (C=O) groups excluding carboxylic acids is 1. The van der Waals surface area contributed by atoms with Gasteiger partial charge in [0, 0.05) is 0 Å². The van der Waals surface area contributed by atoms with Crippen molar-refractivity contribution >= 4 is 56.9 Å². The number of hydrogen-bond donors (Lipinski definition) is 0. The van der Waals surface area contributed by atoms with E-state index in [2.05, 4.69) is 4.43 Å². The van der Waals surface area contributed by atoms with Crippen LogP contribution in [0.5, 0.6) is 0 Å². The van der Waals surface area contributed by atoms with Crippen LogP contribution in [0.15, 0.2) is 0 Å². The summed E-state index contributed by atoms with van der Waals surface area (Å²) in [4.78, 5) is 10.1. The van der Waals surface area contributed by atoms with E-state index in [0.717, 1.165) is 0 Å². The number of halogens is 1. The zero-order valence-corrected chi connectivity index (χ0v) is 6.28. The summed E-state index contributed by atoms with van der Waals surface area (Å²) in [6.45, 7) is 1.88. The number of hydrogen-bond acceptors (Lipinski definition) is 2. The molecule has 8 heavy (non-hydrogen) atoms. The Bertz CT molecular complexity index is 70.3. The summed E-state index contributed by atoms with van der Waals surface area (Å²) in [6.07, 6.45) is 0. The van der Waals surface area contributed by atoms with Gasteiger partial charge in [-0.3, -0.25) is 4.79 Å². The van der Waals surface area contributed by atoms with Crippen molar-refractivity contribution < 1.29 is 9.22 Å².